The van der Waals surface area contributed by atoms with Crippen LogP contribution < -0.4 is 14.4 Å². The lowest BCUT2D eigenvalue weighted by Gasteiger charge is -2.23. The van der Waals surface area contributed by atoms with Gasteiger partial charge in [-0.1, -0.05) is 23.4 Å². The summed E-state index contributed by atoms with van der Waals surface area (Å²) in [6, 6.07) is 13.2. The summed E-state index contributed by atoms with van der Waals surface area (Å²) in [6.07, 6.45) is 0.0480. The van der Waals surface area contributed by atoms with Gasteiger partial charge in [-0.05, 0) is 51.1 Å². The first kappa shape index (κ1) is 22.4. The van der Waals surface area contributed by atoms with Crippen molar-refractivity contribution in [1.82, 2.24) is 5.16 Å². The van der Waals surface area contributed by atoms with E-state index in [1.165, 1.54) is 29.6 Å². The molecule has 3 aromatic rings. The number of aryl methyl sites for hydroxylation is 2. The lowest BCUT2D eigenvalue weighted by molar-refractivity contribution is -0.115. The maximum Gasteiger partial charge on any atom is 0.264 e. The number of hydrogen-bond donors (Lipinski definition) is 1. The fraction of sp³-hybridized carbons (Fsp3) is 0.273. The molecule has 2 aromatic carbocycles. The van der Waals surface area contributed by atoms with E-state index in [1.54, 1.807) is 45.0 Å². The van der Waals surface area contributed by atoms with Gasteiger partial charge in [0.25, 0.3) is 10.0 Å². The van der Waals surface area contributed by atoms with Gasteiger partial charge in [-0.3, -0.25) is 9.10 Å². The van der Waals surface area contributed by atoms with Gasteiger partial charge in [0.05, 0.1) is 35.5 Å². The van der Waals surface area contributed by atoms with Crippen LogP contribution in [0.4, 0.5) is 11.4 Å². The van der Waals surface area contributed by atoms with Crippen molar-refractivity contribution in [2.75, 3.05) is 23.3 Å². The first-order chi connectivity index (χ1) is 14.8. The van der Waals surface area contributed by atoms with E-state index in [-0.39, 0.29) is 29.5 Å². The number of nitrogens with one attached hydrogen (secondary N) is 1. The molecule has 164 valence electrons. The van der Waals surface area contributed by atoms with Gasteiger partial charge < -0.3 is 14.6 Å². The molecule has 3 rings (SSSR count). The fourth-order valence-corrected chi connectivity index (χ4v) is 4.77. The summed E-state index contributed by atoms with van der Waals surface area (Å²) in [7, 11) is -2.40. The molecule has 1 aromatic heterocycles. The summed E-state index contributed by atoms with van der Waals surface area (Å²) in [5.41, 5.74) is 2.16. The number of nitrogens with zero attached hydrogens (tertiary/aromatic N) is 2. The highest BCUT2D eigenvalue weighted by molar-refractivity contribution is 7.92. The second kappa shape index (κ2) is 9.22. The second-order valence-electron chi connectivity index (χ2n) is 6.90. The Bertz CT molecular complexity index is 1150. The van der Waals surface area contributed by atoms with E-state index in [9.17, 15) is 13.2 Å². The van der Waals surface area contributed by atoms with Crippen molar-refractivity contribution in [3.63, 3.8) is 0 Å². The molecule has 0 radical (unpaired) electrons. The average Bonchev–Trinajstić information content (AvgIpc) is 3.06. The predicted molar refractivity (Wildman–Crippen MR) is 118 cm³/mol. The van der Waals surface area contributed by atoms with E-state index in [4.69, 9.17) is 9.26 Å². The van der Waals surface area contributed by atoms with Gasteiger partial charge in [-0.15, -0.1) is 0 Å². The number of rotatable bonds is 8. The zero-order valence-corrected chi connectivity index (χ0v) is 18.7. The predicted octanol–water partition coefficient (Wildman–Crippen LogP) is 3.70. The van der Waals surface area contributed by atoms with Gasteiger partial charge in [0, 0.05) is 12.1 Å². The molecule has 0 saturated heterocycles. The van der Waals surface area contributed by atoms with Gasteiger partial charge in [-0.2, -0.15) is 0 Å². The van der Waals surface area contributed by atoms with Crippen LogP contribution in [0.1, 0.15) is 23.9 Å². The van der Waals surface area contributed by atoms with Crippen molar-refractivity contribution in [3.8, 4) is 5.75 Å². The largest absolute Gasteiger partial charge is 0.495 e. The third-order valence-corrected chi connectivity index (χ3v) is 6.78. The van der Waals surface area contributed by atoms with Crippen LogP contribution >= 0.6 is 0 Å². The highest BCUT2D eigenvalue weighted by Crippen LogP contribution is 2.31. The average molecular weight is 444 g/mol. The first-order valence-corrected chi connectivity index (χ1v) is 11.2. The Balaban J connectivity index is 1.92. The summed E-state index contributed by atoms with van der Waals surface area (Å²) in [5, 5.41) is 6.60. The number of hydrogen-bond acceptors (Lipinski definition) is 6. The van der Waals surface area contributed by atoms with E-state index in [1.807, 2.05) is 6.07 Å². The molecule has 8 nitrogen and oxygen atoms in total. The molecule has 31 heavy (non-hydrogen) atoms. The summed E-state index contributed by atoms with van der Waals surface area (Å²) < 4.78 is 38.3. The fourth-order valence-electron chi connectivity index (χ4n) is 3.27. The van der Waals surface area contributed by atoms with Crippen molar-refractivity contribution in [2.24, 2.45) is 0 Å². The third-order valence-electron chi connectivity index (χ3n) is 4.88. The van der Waals surface area contributed by atoms with E-state index >= 15 is 0 Å². The summed E-state index contributed by atoms with van der Waals surface area (Å²) in [4.78, 5) is 12.7. The normalized spacial score (nSPS) is 11.2. The molecule has 0 bridgehead atoms. The van der Waals surface area contributed by atoms with Gasteiger partial charge in [0.1, 0.15) is 11.5 Å². The molecule has 0 spiro atoms. The molecule has 0 aliphatic rings. The molecule has 0 aliphatic carbocycles. The molecule has 1 amide bonds. The van der Waals surface area contributed by atoms with E-state index in [2.05, 4.69) is 10.5 Å². The Labute approximate surface area is 181 Å². The number of carbonyl (C=O) groups excluding carboxylic acids is 1. The number of benzene rings is 2. The Morgan fingerprint density at radius 3 is 2.45 bits per heavy atom. The molecular formula is C22H25N3O5S. The molecule has 0 aliphatic heterocycles. The van der Waals surface area contributed by atoms with Crippen LogP contribution in [0.3, 0.4) is 0 Å². The van der Waals surface area contributed by atoms with E-state index < -0.39 is 10.0 Å². The minimum absolute atomic E-state index is 0.0478. The Morgan fingerprint density at radius 2 is 1.87 bits per heavy atom. The molecule has 0 atom stereocenters. The van der Waals surface area contributed by atoms with Crippen LogP contribution in [0.5, 0.6) is 5.75 Å². The van der Waals surface area contributed by atoms with Crippen LogP contribution in [-0.4, -0.2) is 33.1 Å². The second-order valence-corrected chi connectivity index (χ2v) is 8.76. The molecule has 0 saturated carbocycles. The molecule has 1 heterocycles. The Hall–Kier alpha value is -3.33. The first-order valence-electron chi connectivity index (χ1n) is 9.75. The highest BCUT2D eigenvalue weighted by atomic mass is 32.2. The van der Waals surface area contributed by atoms with Gasteiger partial charge in [-0.25, -0.2) is 8.42 Å². The molecule has 0 fully saturated rings. The number of aromatic nitrogens is 1. The monoisotopic (exact) mass is 443 g/mol. The summed E-state index contributed by atoms with van der Waals surface area (Å²) in [5.74, 6) is 0.587. The Morgan fingerprint density at radius 1 is 1.16 bits per heavy atom. The number of ether oxygens (including phenoxy) is 1. The van der Waals surface area contributed by atoms with Crippen molar-refractivity contribution in [3.05, 3.63) is 65.5 Å². The molecule has 9 heteroatoms. The minimum Gasteiger partial charge on any atom is -0.495 e. The van der Waals surface area contributed by atoms with E-state index in [0.29, 0.717) is 28.5 Å². The van der Waals surface area contributed by atoms with Crippen molar-refractivity contribution < 1.29 is 22.5 Å². The SMILES string of the molecule is CCN(c1ccccc1)S(=O)(=O)c1ccc(OC)c(NC(=O)Cc2c(C)noc2C)c1. The van der Waals surface area contributed by atoms with Crippen molar-refractivity contribution in [1.29, 1.82) is 0 Å². The van der Waals surface area contributed by atoms with Gasteiger partial charge >= 0.3 is 0 Å². The standard InChI is InChI=1S/C22H25N3O5S/c1-5-25(17-9-7-6-8-10-17)31(27,28)18-11-12-21(29-4)20(13-18)23-22(26)14-19-15(2)24-30-16(19)3/h6-13H,5,14H2,1-4H3,(H,23,26). The smallest absolute Gasteiger partial charge is 0.264 e. The maximum absolute atomic E-state index is 13.3. The van der Waals surface area contributed by atoms with Gasteiger partial charge in [0.15, 0.2) is 0 Å². The molecule has 1 N–H and O–H groups in total. The maximum atomic E-state index is 13.3. The van der Waals surface area contributed by atoms with Crippen LogP contribution in [0.15, 0.2) is 57.9 Å². The lowest BCUT2D eigenvalue weighted by Crippen LogP contribution is -2.30. The van der Waals surface area contributed by atoms with Crippen LogP contribution in [0.25, 0.3) is 0 Å². The number of carbonyl (C=O) groups is 1. The zero-order valence-electron chi connectivity index (χ0n) is 17.9. The number of amides is 1. The minimum atomic E-state index is -3.85. The topological polar surface area (TPSA) is 102 Å². The highest BCUT2D eigenvalue weighted by Gasteiger charge is 2.25. The number of methoxy groups -OCH3 is 1. The van der Waals surface area contributed by atoms with Crippen molar-refractivity contribution in [2.45, 2.75) is 32.1 Å². The number of anilines is 2. The molecular weight excluding hydrogens is 418 g/mol. The van der Waals surface area contributed by atoms with Gasteiger partial charge in [0.2, 0.25) is 5.91 Å². The lowest BCUT2D eigenvalue weighted by atomic mass is 10.1. The Kier molecular flexibility index (Phi) is 6.65. The zero-order chi connectivity index (χ0) is 22.6. The van der Waals surface area contributed by atoms with Crippen LogP contribution in [0, 0.1) is 13.8 Å². The molecule has 0 unspecified atom stereocenters. The van der Waals surface area contributed by atoms with E-state index in [0.717, 1.165) is 0 Å². The van der Waals surface area contributed by atoms with Crippen LogP contribution in [-0.2, 0) is 21.2 Å². The summed E-state index contributed by atoms with van der Waals surface area (Å²) >= 11 is 0. The number of sulfonamides is 1. The van der Waals surface area contributed by atoms with Crippen molar-refractivity contribution >= 4 is 27.3 Å². The number of para-hydroxylation sites is 1. The van der Waals surface area contributed by atoms with Crippen LogP contribution in [0.2, 0.25) is 0 Å². The third kappa shape index (κ3) is 4.72. The summed E-state index contributed by atoms with van der Waals surface area (Å²) in [6.45, 7) is 5.52. The quantitative estimate of drug-likeness (QED) is 0.570.